The molecular formula is C20H24N6O. The van der Waals surface area contributed by atoms with E-state index < -0.39 is 0 Å². The number of rotatable bonds is 5. The van der Waals surface area contributed by atoms with Crippen molar-refractivity contribution in [3.05, 3.63) is 53.2 Å². The van der Waals surface area contributed by atoms with E-state index in [1.165, 1.54) is 5.56 Å². The molecule has 2 atom stereocenters. The summed E-state index contributed by atoms with van der Waals surface area (Å²) in [7, 11) is 0. The average Bonchev–Trinajstić information content (AvgIpc) is 3.02. The van der Waals surface area contributed by atoms with E-state index >= 15 is 0 Å². The van der Waals surface area contributed by atoms with Crippen LogP contribution in [0.3, 0.4) is 0 Å². The molecule has 3 rings (SSSR count). The maximum absolute atomic E-state index is 12.4. The number of amides is 1. The van der Waals surface area contributed by atoms with E-state index in [0.717, 1.165) is 5.56 Å². The molecule has 1 aromatic carbocycles. The Morgan fingerprint density at radius 3 is 2.59 bits per heavy atom. The van der Waals surface area contributed by atoms with Gasteiger partial charge in [-0.3, -0.25) is 4.79 Å². The predicted molar refractivity (Wildman–Crippen MR) is 103 cm³/mol. The molecule has 0 spiro atoms. The summed E-state index contributed by atoms with van der Waals surface area (Å²) in [6.45, 7) is 5.44. The summed E-state index contributed by atoms with van der Waals surface area (Å²) in [6, 6.07) is 13.1. The van der Waals surface area contributed by atoms with Gasteiger partial charge in [-0.1, -0.05) is 38.1 Å². The Hall–Kier alpha value is -2.98. The Balaban J connectivity index is 1.56. The predicted octanol–water partition coefficient (Wildman–Crippen LogP) is 1.35. The van der Waals surface area contributed by atoms with E-state index in [4.69, 9.17) is 11.0 Å². The summed E-state index contributed by atoms with van der Waals surface area (Å²) in [4.78, 5) is 14.4. The van der Waals surface area contributed by atoms with Gasteiger partial charge >= 0.3 is 0 Å². The second-order valence-corrected chi connectivity index (χ2v) is 7.20. The first kappa shape index (κ1) is 18.8. The smallest absolute Gasteiger partial charge is 0.224 e. The number of hydrogen-bond donors (Lipinski definition) is 2. The minimum Gasteiger partial charge on any atom is -0.351 e. The van der Waals surface area contributed by atoms with Crippen LogP contribution in [0.15, 0.2) is 36.4 Å². The number of aromatic nitrogens is 2. The lowest BCUT2D eigenvalue weighted by Crippen LogP contribution is -2.47. The largest absolute Gasteiger partial charge is 0.351 e. The summed E-state index contributed by atoms with van der Waals surface area (Å²) in [5.74, 6) is 1.09. The van der Waals surface area contributed by atoms with Crippen LogP contribution in [0.5, 0.6) is 0 Å². The van der Waals surface area contributed by atoms with E-state index in [0.29, 0.717) is 31.2 Å². The lowest BCUT2D eigenvalue weighted by Gasteiger charge is -2.17. The molecule has 1 aromatic heterocycles. The van der Waals surface area contributed by atoms with Gasteiger partial charge in [0.2, 0.25) is 5.91 Å². The molecule has 3 N–H and O–H groups in total. The quantitative estimate of drug-likeness (QED) is 0.829. The zero-order valence-electron chi connectivity index (χ0n) is 15.6. The van der Waals surface area contributed by atoms with Crippen LogP contribution < -0.4 is 16.0 Å². The molecule has 0 saturated carbocycles. The lowest BCUT2D eigenvalue weighted by molar-refractivity contribution is -0.121. The second kappa shape index (κ2) is 8.14. The van der Waals surface area contributed by atoms with E-state index in [1.54, 1.807) is 12.1 Å². The van der Waals surface area contributed by atoms with Crippen molar-refractivity contribution < 1.29 is 4.79 Å². The number of nitrogens with one attached hydrogen (secondary N) is 1. The third kappa shape index (κ3) is 4.60. The highest BCUT2D eigenvalue weighted by atomic mass is 16.1. The van der Waals surface area contributed by atoms with Crippen molar-refractivity contribution in [2.45, 2.75) is 38.3 Å². The number of hydrogen-bond acceptors (Lipinski definition) is 6. The highest BCUT2D eigenvalue weighted by Crippen LogP contribution is 2.18. The molecular weight excluding hydrogens is 340 g/mol. The van der Waals surface area contributed by atoms with Crippen molar-refractivity contribution in [1.29, 1.82) is 5.26 Å². The van der Waals surface area contributed by atoms with Crippen LogP contribution in [0.2, 0.25) is 0 Å². The molecule has 0 unspecified atom stereocenters. The van der Waals surface area contributed by atoms with E-state index in [-0.39, 0.29) is 23.7 Å². The van der Waals surface area contributed by atoms with Crippen LogP contribution in [-0.2, 0) is 11.2 Å². The van der Waals surface area contributed by atoms with Crippen molar-refractivity contribution in [3.8, 4) is 6.07 Å². The summed E-state index contributed by atoms with van der Waals surface area (Å²) in [5, 5.41) is 19.7. The molecule has 2 aromatic rings. The Labute approximate surface area is 159 Å². The number of anilines is 1. The number of nitrogens with two attached hydrogens (primary N) is 1. The van der Waals surface area contributed by atoms with Gasteiger partial charge in [0.05, 0.1) is 12.5 Å². The van der Waals surface area contributed by atoms with Gasteiger partial charge in [-0.05, 0) is 29.2 Å². The monoisotopic (exact) mass is 364 g/mol. The van der Waals surface area contributed by atoms with E-state index in [9.17, 15) is 4.79 Å². The summed E-state index contributed by atoms with van der Waals surface area (Å²) in [5.41, 5.74) is 8.72. The molecule has 1 aliphatic rings. The number of carbonyl (C=O) groups excluding carboxylic acids is 1. The molecule has 0 aliphatic carbocycles. The molecule has 7 nitrogen and oxygen atoms in total. The summed E-state index contributed by atoms with van der Waals surface area (Å²) < 4.78 is 0. The second-order valence-electron chi connectivity index (χ2n) is 7.20. The highest BCUT2D eigenvalue weighted by molar-refractivity contribution is 5.79. The maximum atomic E-state index is 12.4. The van der Waals surface area contributed by atoms with Crippen molar-refractivity contribution in [1.82, 2.24) is 15.5 Å². The Bertz CT molecular complexity index is 825. The van der Waals surface area contributed by atoms with Crippen molar-refractivity contribution in [2.24, 2.45) is 5.73 Å². The topological polar surface area (TPSA) is 108 Å². The summed E-state index contributed by atoms with van der Waals surface area (Å²) >= 11 is 0. The third-order valence-electron chi connectivity index (χ3n) is 4.81. The van der Waals surface area contributed by atoms with E-state index in [2.05, 4.69) is 41.5 Å². The van der Waals surface area contributed by atoms with Gasteiger partial charge in [0.15, 0.2) is 11.5 Å². The first-order valence-corrected chi connectivity index (χ1v) is 9.09. The number of carbonyl (C=O) groups is 1. The molecule has 27 heavy (non-hydrogen) atoms. The Morgan fingerprint density at radius 1 is 1.26 bits per heavy atom. The van der Waals surface area contributed by atoms with Crippen LogP contribution in [0.25, 0.3) is 0 Å². The van der Waals surface area contributed by atoms with Crippen LogP contribution in [0.1, 0.15) is 36.6 Å². The van der Waals surface area contributed by atoms with Crippen LogP contribution in [-0.4, -0.2) is 41.3 Å². The van der Waals surface area contributed by atoms with Crippen LogP contribution in [0, 0.1) is 11.3 Å². The minimum absolute atomic E-state index is 0.0412. The Morgan fingerprint density at radius 2 is 2.00 bits per heavy atom. The normalized spacial score (nSPS) is 19.1. The average molecular weight is 364 g/mol. The Kier molecular flexibility index (Phi) is 5.67. The molecule has 2 heterocycles. The standard InChI is InChI=1S/C20H24N6O/c1-13(2)15-5-3-14(4-6-15)9-20(27)23-18-12-26(11-17(18)22)19-8-7-16(10-21)24-25-19/h3-8,13,17-18H,9,11-12,22H2,1-2H3,(H,23,27)/t17-,18-/m0/s1. The van der Waals surface area contributed by atoms with Gasteiger partial charge in [0.1, 0.15) is 6.07 Å². The van der Waals surface area contributed by atoms with Gasteiger partial charge < -0.3 is 16.0 Å². The number of nitriles is 1. The zero-order chi connectivity index (χ0) is 19.4. The van der Waals surface area contributed by atoms with Gasteiger partial charge in [-0.15, -0.1) is 10.2 Å². The molecule has 1 amide bonds. The molecule has 1 saturated heterocycles. The fourth-order valence-corrected chi connectivity index (χ4v) is 3.19. The number of benzene rings is 1. The molecule has 0 radical (unpaired) electrons. The molecule has 0 bridgehead atoms. The first-order valence-electron chi connectivity index (χ1n) is 9.09. The molecule has 1 fully saturated rings. The zero-order valence-corrected chi connectivity index (χ0v) is 15.6. The fourth-order valence-electron chi connectivity index (χ4n) is 3.19. The van der Waals surface area contributed by atoms with Gasteiger partial charge in [0, 0.05) is 19.1 Å². The minimum atomic E-state index is -0.185. The first-order chi connectivity index (χ1) is 13.0. The van der Waals surface area contributed by atoms with Crippen molar-refractivity contribution >= 4 is 11.7 Å². The van der Waals surface area contributed by atoms with Crippen LogP contribution in [0.4, 0.5) is 5.82 Å². The number of nitrogens with zero attached hydrogens (tertiary/aromatic N) is 4. The lowest BCUT2D eigenvalue weighted by atomic mass is 10.0. The fraction of sp³-hybridized carbons (Fsp3) is 0.400. The van der Waals surface area contributed by atoms with Crippen LogP contribution >= 0.6 is 0 Å². The summed E-state index contributed by atoms with van der Waals surface area (Å²) in [6.07, 6.45) is 0.332. The van der Waals surface area contributed by atoms with Gasteiger partial charge in [-0.2, -0.15) is 5.26 Å². The maximum Gasteiger partial charge on any atom is 0.224 e. The molecule has 7 heteroatoms. The molecule has 1 aliphatic heterocycles. The SMILES string of the molecule is CC(C)c1ccc(CC(=O)N[C@H]2CN(c3ccc(C#N)nn3)C[C@@H]2N)cc1. The van der Waals surface area contributed by atoms with Gasteiger partial charge in [-0.25, -0.2) is 0 Å². The van der Waals surface area contributed by atoms with Gasteiger partial charge in [0.25, 0.3) is 0 Å². The third-order valence-corrected chi connectivity index (χ3v) is 4.81. The van der Waals surface area contributed by atoms with E-state index in [1.807, 2.05) is 23.1 Å². The van der Waals surface area contributed by atoms with Crippen molar-refractivity contribution in [3.63, 3.8) is 0 Å². The highest BCUT2D eigenvalue weighted by Gasteiger charge is 2.32. The van der Waals surface area contributed by atoms with Crippen molar-refractivity contribution in [2.75, 3.05) is 18.0 Å². The molecule has 140 valence electrons.